The summed E-state index contributed by atoms with van der Waals surface area (Å²) >= 11 is 0. The molecule has 0 saturated carbocycles. The summed E-state index contributed by atoms with van der Waals surface area (Å²) < 4.78 is 58.5. The summed E-state index contributed by atoms with van der Waals surface area (Å²) in [5.74, 6) is -3.66. The summed E-state index contributed by atoms with van der Waals surface area (Å²) in [6, 6.07) is 1.70. The SMILES string of the molecule is COc1cccc(C(=O)NC(CC(F)F)C(=O)O)c1OC(F)F. The van der Waals surface area contributed by atoms with Crippen molar-refractivity contribution in [2.75, 3.05) is 7.11 Å². The number of hydrogen-bond donors (Lipinski definition) is 2. The van der Waals surface area contributed by atoms with Gasteiger partial charge in [-0.3, -0.25) is 4.79 Å². The van der Waals surface area contributed by atoms with Crippen LogP contribution >= 0.6 is 0 Å². The molecule has 2 N–H and O–H groups in total. The maximum absolute atomic E-state index is 12.4. The summed E-state index contributed by atoms with van der Waals surface area (Å²) in [4.78, 5) is 22.9. The molecular formula is C13H13F4NO5. The van der Waals surface area contributed by atoms with Crippen LogP contribution in [0, 0.1) is 0 Å². The van der Waals surface area contributed by atoms with Crippen molar-refractivity contribution in [3.05, 3.63) is 23.8 Å². The van der Waals surface area contributed by atoms with E-state index in [9.17, 15) is 27.2 Å². The molecule has 10 heteroatoms. The number of para-hydroxylation sites is 1. The van der Waals surface area contributed by atoms with Crippen molar-refractivity contribution in [1.29, 1.82) is 0 Å². The van der Waals surface area contributed by atoms with Crippen molar-refractivity contribution in [2.45, 2.75) is 25.5 Å². The lowest BCUT2D eigenvalue weighted by Gasteiger charge is -2.17. The summed E-state index contributed by atoms with van der Waals surface area (Å²) in [6.45, 7) is -3.27. The predicted octanol–water partition coefficient (Wildman–Crippen LogP) is 2.13. The number of carbonyl (C=O) groups excluding carboxylic acids is 1. The van der Waals surface area contributed by atoms with Gasteiger partial charge in [0.2, 0.25) is 6.43 Å². The highest BCUT2D eigenvalue weighted by Crippen LogP contribution is 2.32. The van der Waals surface area contributed by atoms with E-state index >= 15 is 0 Å². The van der Waals surface area contributed by atoms with Gasteiger partial charge < -0.3 is 19.9 Å². The number of ether oxygens (including phenoxy) is 2. The van der Waals surface area contributed by atoms with Crippen LogP contribution in [0.1, 0.15) is 16.8 Å². The highest BCUT2D eigenvalue weighted by atomic mass is 19.3. The van der Waals surface area contributed by atoms with Crippen LogP contribution in [-0.4, -0.2) is 43.2 Å². The van der Waals surface area contributed by atoms with Crippen LogP contribution < -0.4 is 14.8 Å². The van der Waals surface area contributed by atoms with Crippen molar-refractivity contribution in [2.24, 2.45) is 0 Å². The lowest BCUT2D eigenvalue weighted by Crippen LogP contribution is -2.42. The Morgan fingerprint density at radius 2 is 1.91 bits per heavy atom. The molecule has 0 aliphatic rings. The lowest BCUT2D eigenvalue weighted by atomic mass is 10.1. The van der Waals surface area contributed by atoms with Gasteiger partial charge in [0, 0.05) is 6.42 Å². The number of hydrogen-bond acceptors (Lipinski definition) is 4. The fourth-order valence-corrected chi connectivity index (χ4v) is 1.70. The summed E-state index contributed by atoms with van der Waals surface area (Å²) in [5, 5.41) is 10.6. The van der Waals surface area contributed by atoms with Gasteiger partial charge in [0.1, 0.15) is 6.04 Å². The van der Waals surface area contributed by atoms with Crippen molar-refractivity contribution in [3.63, 3.8) is 0 Å². The smallest absolute Gasteiger partial charge is 0.387 e. The molecule has 128 valence electrons. The topological polar surface area (TPSA) is 84.9 Å². The molecule has 0 fully saturated rings. The highest BCUT2D eigenvalue weighted by molar-refractivity contribution is 5.99. The monoisotopic (exact) mass is 339 g/mol. The average molecular weight is 339 g/mol. The number of carbonyl (C=O) groups is 2. The van der Waals surface area contributed by atoms with E-state index in [1.807, 2.05) is 5.32 Å². The third-order valence-electron chi connectivity index (χ3n) is 2.67. The lowest BCUT2D eigenvalue weighted by molar-refractivity contribution is -0.140. The van der Waals surface area contributed by atoms with Crippen LogP contribution in [0.2, 0.25) is 0 Å². The zero-order valence-electron chi connectivity index (χ0n) is 11.8. The van der Waals surface area contributed by atoms with Crippen LogP contribution in [0.15, 0.2) is 18.2 Å². The van der Waals surface area contributed by atoms with Gasteiger partial charge in [-0.15, -0.1) is 0 Å². The molecule has 0 heterocycles. The van der Waals surface area contributed by atoms with Gasteiger partial charge in [-0.25, -0.2) is 13.6 Å². The first-order chi connectivity index (χ1) is 10.8. The number of nitrogens with one attached hydrogen (secondary N) is 1. The molecule has 0 aliphatic carbocycles. The first-order valence-corrected chi connectivity index (χ1v) is 6.19. The number of amides is 1. The van der Waals surface area contributed by atoms with E-state index in [0.717, 1.165) is 13.2 Å². The molecule has 0 aliphatic heterocycles. The summed E-state index contributed by atoms with van der Waals surface area (Å²) in [6.07, 6.45) is -4.10. The minimum atomic E-state index is -3.27. The fraction of sp³-hybridized carbons (Fsp3) is 0.385. The number of benzene rings is 1. The normalized spacial score (nSPS) is 12.1. The van der Waals surface area contributed by atoms with Crippen LogP contribution in [0.3, 0.4) is 0 Å². The van der Waals surface area contributed by atoms with Gasteiger partial charge in [-0.2, -0.15) is 8.78 Å². The van der Waals surface area contributed by atoms with Gasteiger partial charge in [-0.1, -0.05) is 6.07 Å². The Hall–Kier alpha value is -2.52. The number of methoxy groups -OCH3 is 1. The van der Waals surface area contributed by atoms with Crippen LogP contribution in [0.5, 0.6) is 11.5 Å². The first-order valence-electron chi connectivity index (χ1n) is 6.19. The second-order valence-corrected chi connectivity index (χ2v) is 4.21. The minimum absolute atomic E-state index is 0.196. The first kappa shape index (κ1) is 18.5. The van der Waals surface area contributed by atoms with Crippen molar-refractivity contribution in [1.82, 2.24) is 5.32 Å². The van der Waals surface area contributed by atoms with E-state index in [1.165, 1.54) is 12.1 Å². The average Bonchev–Trinajstić information content (AvgIpc) is 2.45. The van der Waals surface area contributed by atoms with Crippen molar-refractivity contribution in [3.8, 4) is 11.5 Å². The molecule has 0 radical (unpaired) electrons. The number of carboxylic acid groups (broad SMARTS) is 1. The summed E-state index contributed by atoms with van der Waals surface area (Å²) in [7, 11) is 1.15. The molecule has 6 nitrogen and oxygen atoms in total. The molecule has 1 aromatic carbocycles. The maximum atomic E-state index is 12.4. The quantitative estimate of drug-likeness (QED) is 0.709. The summed E-state index contributed by atoms with van der Waals surface area (Å²) in [5.41, 5.74) is -0.467. The number of halogens is 4. The largest absolute Gasteiger partial charge is 0.493 e. The zero-order valence-corrected chi connectivity index (χ0v) is 11.8. The van der Waals surface area contributed by atoms with E-state index in [0.29, 0.717) is 0 Å². The van der Waals surface area contributed by atoms with Crippen molar-refractivity contribution >= 4 is 11.9 Å². The molecule has 0 aromatic heterocycles. The van der Waals surface area contributed by atoms with Gasteiger partial charge in [0.25, 0.3) is 5.91 Å². The molecule has 1 rings (SSSR count). The molecular weight excluding hydrogens is 326 g/mol. The van der Waals surface area contributed by atoms with E-state index < -0.39 is 48.7 Å². The Labute approximate surface area is 128 Å². The second-order valence-electron chi connectivity index (χ2n) is 4.21. The van der Waals surface area contributed by atoms with Crippen LogP contribution in [0.25, 0.3) is 0 Å². The standard InChI is InChI=1S/C13H13F4NO5/c1-22-8-4-2-3-6(10(8)23-13(16)17)11(19)18-7(12(20)21)5-9(14)15/h2-4,7,9,13H,5H2,1H3,(H,18,19)(H,20,21). The van der Waals surface area contributed by atoms with E-state index in [4.69, 9.17) is 9.84 Å². The molecule has 1 aromatic rings. The molecule has 0 bridgehead atoms. The molecule has 0 spiro atoms. The predicted molar refractivity (Wildman–Crippen MR) is 69.1 cm³/mol. The number of carboxylic acids is 1. The molecule has 1 atom stereocenters. The van der Waals surface area contributed by atoms with E-state index in [2.05, 4.69) is 4.74 Å². The van der Waals surface area contributed by atoms with Gasteiger partial charge in [0.05, 0.1) is 12.7 Å². The molecule has 1 amide bonds. The van der Waals surface area contributed by atoms with Crippen molar-refractivity contribution < 1.29 is 41.7 Å². The molecule has 23 heavy (non-hydrogen) atoms. The maximum Gasteiger partial charge on any atom is 0.387 e. The van der Waals surface area contributed by atoms with Gasteiger partial charge in [0.15, 0.2) is 11.5 Å². The van der Waals surface area contributed by atoms with Crippen LogP contribution in [0.4, 0.5) is 17.6 Å². The Morgan fingerprint density at radius 3 is 2.39 bits per heavy atom. The fourth-order valence-electron chi connectivity index (χ4n) is 1.70. The number of alkyl halides is 4. The van der Waals surface area contributed by atoms with E-state index in [-0.39, 0.29) is 5.75 Å². The van der Waals surface area contributed by atoms with E-state index in [1.54, 1.807) is 0 Å². The molecule has 0 saturated heterocycles. The van der Waals surface area contributed by atoms with Crippen LogP contribution in [-0.2, 0) is 4.79 Å². The Balaban J connectivity index is 3.08. The Morgan fingerprint density at radius 1 is 1.26 bits per heavy atom. The minimum Gasteiger partial charge on any atom is -0.493 e. The Kier molecular flexibility index (Phi) is 6.61. The second kappa shape index (κ2) is 8.20. The third kappa shape index (κ3) is 5.31. The Bertz CT molecular complexity index is 567. The molecule has 1 unspecified atom stereocenters. The van der Waals surface area contributed by atoms with Gasteiger partial charge in [-0.05, 0) is 12.1 Å². The third-order valence-corrected chi connectivity index (χ3v) is 2.67. The number of aliphatic carboxylic acids is 1. The van der Waals surface area contributed by atoms with Gasteiger partial charge >= 0.3 is 12.6 Å². The highest BCUT2D eigenvalue weighted by Gasteiger charge is 2.27. The number of rotatable bonds is 8. The zero-order chi connectivity index (χ0) is 17.6.